The number of amides is 12. The number of unbranched alkanes of at least 4 members (excludes halogenated alkanes) is 1. The van der Waals surface area contributed by atoms with Crippen LogP contribution in [0.5, 0.6) is 0 Å². The van der Waals surface area contributed by atoms with Gasteiger partial charge < -0.3 is 105 Å². The molecule has 12 amide bonds. The summed E-state index contributed by atoms with van der Waals surface area (Å²) in [5.74, 6) is 0.489. The Labute approximate surface area is 780 Å². The number of aryl methyl sites for hydroxylation is 1. The van der Waals surface area contributed by atoms with E-state index in [4.69, 9.17) is 41.2 Å². The van der Waals surface area contributed by atoms with Crippen LogP contribution in [0, 0.1) is 26.7 Å². The molecule has 3 atom stereocenters. The Balaban J connectivity index is 0.000000948. The van der Waals surface area contributed by atoms with E-state index in [0.29, 0.717) is 79.3 Å². The van der Waals surface area contributed by atoms with Gasteiger partial charge in [-0.2, -0.15) is 0 Å². The monoisotopic (exact) mass is 2020 g/mol. The van der Waals surface area contributed by atoms with Gasteiger partial charge in [-0.15, -0.1) is 0 Å². The molecule has 12 N–H and O–H groups in total. The van der Waals surface area contributed by atoms with E-state index in [2.05, 4.69) is 294 Å². The fourth-order valence-electron chi connectivity index (χ4n) is 14.7. The average molecular weight is 2020 g/mol. The molecule has 0 heterocycles. The van der Waals surface area contributed by atoms with Crippen molar-refractivity contribution < 1.29 is 69.9 Å². The van der Waals surface area contributed by atoms with Gasteiger partial charge in [0.05, 0.1) is 0 Å². The highest BCUT2D eigenvalue weighted by Gasteiger charge is 2.44. The minimum absolute atomic E-state index is 0.224. The van der Waals surface area contributed by atoms with Crippen molar-refractivity contribution in [2.24, 2.45) is 5.92 Å². The second kappa shape index (κ2) is 54.5. The molecule has 0 aromatic heterocycles. The SMILES string of the molecule is CCCCC(CC)CNC(=O)Nc1cccc(NC(=O)NCCC[Si](C)(O[Si](C)(C)C)O[Si](C)(C)C)c1C.Cc1c(NC(=O)NCCC[Si](C)(O[Si](C)(C)C)O[Si](C)(C)C)cccc1NC(=O)NCCC[Si](C)(O[Si](C)(C)C)O[Si](C)(C)C.Cc1ccc(NC(=O)NCCC[Si](C)(O[SiH](C)C)O[Si](C)(C)C)cc1NC(=O)NCCC[Si](C)(O[SiH](C)C)O[Si](C)(C)C. The summed E-state index contributed by atoms with van der Waals surface area (Å²) in [5, 5.41) is 35.3. The lowest BCUT2D eigenvalue weighted by molar-refractivity contribution is 0.249. The Morgan fingerprint density at radius 3 is 0.794 bits per heavy atom. The van der Waals surface area contributed by atoms with Crippen LogP contribution in [0.15, 0.2) is 54.6 Å². The number of anilines is 6. The van der Waals surface area contributed by atoms with Gasteiger partial charge >= 0.3 is 79.0 Å². The number of benzene rings is 3. The number of carbonyl (C=O) groups is 6. The van der Waals surface area contributed by atoms with Crippen molar-refractivity contribution >= 4 is 198 Å². The molecule has 43 heteroatoms. The third-order valence-electron chi connectivity index (χ3n) is 18.1. The lowest BCUT2D eigenvalue weighted by Crippen LogP contribution is -2.52. The zero-order valence-corrected chi connectivity index (χ0v) is 101. The molecule has 0 aliphatic rings. The molecule has 0 saturated carbocycles. The molecule has 0 aliphatic heterocycles. The van der Waals surface area contributed by atoms with E-state index in [9.17, 15) is 28.8 Å². The number of nitrogens with one attached hydrogen (secondary N) is 12. The molecular formula is C83H178N12O16Si15. The molecule has 0 bridgehead atoms. The minimum atomic E-state index is -2.34. The Morgan fingerprint density at radius 2 is 0.548 bits per heavy atom. The summed E-state index contributed by atoms with van der Waals surface area (Å²) in [6, 6.07) is 19.0. The van der Waals surface area contributed by atoms with E-state index in [1.165, 1.54) is 6.42 Å². The largest absolute Gasteiger partial charge is 0.439 e. The highest BCUT2D eigenvalue weighted by atomic mass is 28.5. The molecule has 28 nitrogen and oxygen atoms in total. The molecule has 3 unspecified atom stereocenters. The molecule has 0 aliphatic carbocycles. The number of hydrogen-bond acceptors (Lipinski definition) is 16. The van der Waals surface area contributed by atoms with Crippen LogP contribution >= 0.6 is 0 Å². The molecule has 3 rings (SSSR count). The highest BCUT2D eigenvalue weighted by molar-refractivity contribution is 6.90. The second-order valence-corrected chi connectivity index (χ2v) is 103. The van der Waals surface area contributed by atoms with Gasteiger partial charge in [-0.3, -0.25) is 0 Å². The van der Waals surface area contributed by atoms with Gasteiger partial charge in [-0.25, -0.2) is 28.8 Å². The summed E-state index contributed by atoms with van der Waals surface area (Å²) < 4.78 is 65.0. The van der Waals surface area contributed by atoms with Gasteiger partial charge in [0.1, 0.15) is 0 Å². The first-order valence-corrected chi connectivity index (χ1v) is 91.4. The molecule has 3 aromatic rings. The van der Waals surface area contributed by atoms with Crippen LogP contribution in [0.4, 0.5) is 62.9 Å². The average Bonchev–Trinajstić information content (AvgIpc) is 0.844. The fourth-order valence-corrected chi connectivity index (χ4v) is 75.3. The van der Waals surface area contributed by atoms with Gasteiger partial charge in [0.2, 0.25) is 0 Å². The van der Waals surface area contributed by atoms with Crippen molar-refractivity contribution in [2.75, 3.05) is 71.2 Å². The number of carbonyl (C=O) groups excluding carboxylic acids is 6. The topological polar surface area (TPSA) is 339 Å². The normalized spacial score (nSPS) is 13.9. The summed E-state index contributed by atoms with van der Waals surface area (Å²) in [6.45, 7) is 85.5. The van der Waals surface area contributed by atoms with Crippen molar-refractivity contribution in [2.45, 2.75) is 339 Å². The van der Waals surface area contributed by atoms with Crippen LogP contribution in [0.2, 0.25) is 246 Å². The van der Waals surface area contributed by atoms with Crippen molar-refractivity contribution in [3.05, 3.63) is 71.3 Å². The molecule has 126 heavy (non-hydrogen) atoms. The second-order valence-electron chi connectivity index (χ2n) is 42.4. The molecule has 0 spiro atoms. The van der Waals surface area contributed by atoms with Crippen molar-refractivity contribution in [1.29, 1.82) is 0 Å². The smallest absolute Gasteiger partial charge is 0.319 e. The predicted octanol–water partition coefficient (Wildman–Crippen LogP) is 23.1. The quantitative estimate of drug-likeness (QED) is 0.0185. The van der Waals surface area contributed by atoms with Crippen molar-refractivity contribution in [3.63, 3.8) is 0 Å². The van der Waals surface area contributed by atoms with Crippen molar-refractivity contribution in [1.82, 2.24) is 31.9 Å². The molecule has 3 aromatic carbocycles. The molecular weight excluding hydrogens is 1840 g/mol. The van der Waals surface area contributed by atoms with E-state index >= 15 is 0 Å². The summed E-state index contributed by atoms with van der Waals surface area (Å²) in [5.41, 5.74) is 6.36. The van der Waals surface area contributed by atoms with Crippen LogP contribution in [0.3, 0.4) is 0 Å². The Hall–Kier alpha value is -3.87. The van der Waals surface area contributed by atoms with Crippen molar-refractivity contribution in [3.8, 4) is 0 Å². The Bertz CT molecular complexity index is 3670. The fraction of sp³-hybridized carbons (Fsp3) is 0.711. The van der Waals surface area contributed by atoms with E-state index in [1.807, 2.05) is 69.3 Å². The Kier molecular flexibility index (Phi) is 51.9. The molecule has 0 saturated heterocycles. The highest BCUT2D eigenvalue weighted by Crippen LogP contribution is 2.32. The minimum Gasteiger partial charge on any atom is -0.439 e. The molecule has 0 fully saturated rings. The van der Waals surface area contributed by atoms with Gasteiger partial charge in [-0.05, 0) is 365 Å². The number of rotatable bonds is 52. The summed E-state index contributed by atoms with van der Waals surface area (Å²) in [4.78, 5) is 75.8. The van der Waals surface area contributed by atoms with E-state index in [-0.39, 0.29) is 36.2 Å². The standard InChI is InChI=1S/C29H64N4O6Si6.C27H60N4O6Si6.C27H54N4O4Si3/c1-25-26(32-28(34)30-21-17-23-44(14,36-40(2,3)4)37-41(5,6)7)19-16-20-27(25)33-29(35)31-22-18-24-45(15,38-42(8,9)10)39-43(11,12)13;1-23-16-17-24(30-26(32)28-18-14-20-42(12,34-38(2)3)36-40(6,7)8)22-25(23)31-27(33)29-19-15-21-43(13,35-39(4)5)37-41(9,10)11;1-11-13-16-23(12-2)21-29-27(33)31-25-18-14-17-24(22(25)3)30-26(32)28-19-15-20-38(10,34-36(4,5)6)35-37(7,8)9/h16,19-20H,17-18,21-24H2,1-15H3,(H2,30,32,34)(H2,31,33,35);16-17,22,38-39H,14-15,18-21H2,1-13H3,(H2,28,30,32)(H2,29,31,33);14,17-18,23H,11-13,15-16,19-21H2,1-10H3,(H2,28,30,32)(H2,29,31,33). The maximum absolute atomic E-state index is 12.7. The molecule has 0 radical (unpaired) electrons. The molecule has 726 valence electrons. The summed E-state index contributed by atoms with van der Waals surface area (Å²) in [6.07, 6.45) is 8.45. The maximum atomic E-state index is 12.7. The van der Waals surface area contributed by atoms with Gasteiger partial charge in [0, 0.05) is 73.4 Å². The van der Waals surface area contributed by atoms with Gasteiger partial charge in [0.15, 0.2) is 84.6 Å². The predicted molar refractivity (Wildman–Crippen MR) is 570 cm³/mol. The number of urea groups is 6. The Morgan fingerprint density at radius 1 is 0.310 bits per heavy atom. The van der Waals surface area contributed by atoms with Gasteiger partial charge in [0.25, 0.3) is 0 Å². The summed E-state index contributed by atoms with van der Waals surface area (Å²) >= 11 is 0. The zero-order valence-electron chi connectivity index (χ0n) is 85.6. The third kappa shape index (κ3) is 58.9. The van der Waals surface area contributed by atoms with E-state index in [1.54, 1.807) is 6.07 Å². The lowest BCUT2D eigenvalue weighted by Gasteiger charge is -2.38. The maximum Gasteiger partial charge on any atom is 0.319 e. The zero-order chi connectivity index (χ0) is 97.0. The van der Waals surface area contributed by atoms with Crippen LogP contribution in [-0.2, 0) is 41.2 Å². The van der Waals surface area contributed by atoms with E-state index in [0.717, 1.165) is 98.3 Å². The third-order valence-corrected chi connectivity index (χ3v) is 65.6. The lowest BCUT2D eigenvalue weighted by atomic mass is 9.99. The van der Waals surface area contributed by atoms with Gasteiger partial charge in [-0.1, -0.05) is 51.3 Å². The van der Waals surface area contributed by atoms with Crippen LogP contribution in [-0.4, -0.2) is 203 Å². The van der Waals surface area contributed by atoms with Crippen LogP contribution < -0.4 is 63.8 Å². The van der Waals surface area contributed by atoms with Crippen LogP contribution in [0.25, 0.3) is 0 Å². The first-order chi connectivity index (χ1) is 57.4. The summed E-state index contributed by atoms with van der Waals surface area (Å²) in [7, 11) is -28.0. The van der Waals surface area contributed by atoms with Crippen LogP contribution in [0.1, 0.15) is 88.3 Å². The first kappa shape index (κ1) is 120. The first-order valence-electron chi connectivity index (χ1n) is 45.9. The van der Waals surface area contributed by atoms with E-state index < -0.39 is 127 Å². The number of hydrogen-bond donors (Lipinski definition) is 12.